The fraction of sp³-hybridized carbons (Fsp3) is 0.450. The van der Waals surface area contributed by atoms with Crippen molar-refractivity contribution in [3.8, 4) is 0 Å². The minimum absolute atomic E-state index is 0.129. The van der Waals surface area contributed by atoms with Gasteiger partial charge in [-0.2, -0.15) is 0 Å². The standard InChI is InChI=1S/C20H26N2O6/c1-13-17(14(2)21(3)18(13)20(25)27-5)15(23)12-22(9-7-10-26-4)19(24)16-8-6-11-28-16/h6,8,11H,7,9-10,12H2,1-5H3. The Morgan fingerprint density at radius 2 is 1.93 bits per heavy atom. The molecule has 2 heterocycles. The molecule has 0 radical (unpaired) electrons. The van der Waals surface area contributed by atoms with E-state index in [4.69, 9.17) is 13.9 Å². The molecule has 0 spiro atoms. The van der Waals surface area contributed by atoms with Gasteiger partial charge in [-0.05, 0) is 38.0 Å². The zero-order chi connectivity index (χ0) is 20.8. The molecule has 8 heteroatoms. The van der Waals surface area contributed by atoms with Crippen molar-refractivity contribution in [1.82, 2.24) is 9.47 Å². The minimum atomic E-state index is -0.509. The van der Waals surface area contributed by atoms with E-state index < -0.39 is 5.97 Å². The van der Waals surface area contributed by atoms with Crippen LogP contribution in [-0.2, 0) is 16.5 Å². The highest BCUT2D eigenvalue weighted by atomic mass is 16.5. The number of methoxy groups -OCH3 is 2. The van der Waals surface area contributed by atoms with Crippen LogP contribution in [0.25, 0.3) is 0 Å². The Balaban J connectivity index is 2.30. The lowest BCUT2D eigenvalue weighted by atomic mass is 10.0. The number of nitrogens with zero attached hydrogens (tertiary/aromatic N) is 2. The maximum absolute atomic E-state index is 13.1. The molecule has 0 aromatic carbocycles. The number of esters is 1. The van der Waals surface area contributed by atoms with Crippen molar-refractivity contribution in [2.24, 2.45) is 7.05 Å². The lowest BCUT2D eigenvalue weighted by Crippen LogP contribution is -2.37. The van der Waals surface area contributed by atoms with Gasteiger partial charge in [0.05, 0.1) is 19.9 Å². The summed E-state index contributed by atoms with van der Waals surface area (Å²) in [5.41, 5.74) is 1.93. The van der Waals surface area contributed by atoms with Gasteiger partial charge >= 0.3 is 5.97 Å². The second-order valence-electron chi connectivity index (χ2n) is 6.46. The molecule has 2 aromatic rings. The summed E-state index contributed by atoms with van der Waals surface area (Å²) in [6.45, 7) is 4.14. The van der Waals surface area contributed by atoms with Crippen LogP contribution in [0.3, 0.4) is 0 Å². The van der Waals surface area contributed by atoms with E-state index in [0.29, 0.717) is 42.1 Å². The summed E-state index contributed by atoms with van der Waals surface area (Å²) in [7, 11) is 4.58. The Kier molecular flexibility index (Phi) is 7.17. The van der Waals surface area contributed by atoms with Crippen molar-refractivity contribution < 1.29 is 28.3 Å². The largest absolute Gasteiger partial charge is 0.464 e. The first kappa shape index (κ1) is 21.4. The lowest BCUT2D eigenvalue weighted by molar-refractivity contribution is 0.0588. The Labute approximate surface area is 164 Å². The average molecular weight is 390 g/mol. The normalized spacial score (nSPS) is 10.8. The van der Waals surface area contributed by atoms with Crippen molar-refractivity contribution in [3.63, 3.8) is 0 Å². The predicted octanol–water partition coefficient (Wildman–Crippen LogP) is 2.38. The van der Waals surface area contributed by atoms with Crippen LogP contribution in [0.15, 0.2) is 22.8 Å². The van der Waals surface area contributed by atoms with E-state index in [1.165, 1.54) is 18.3 Å². The topological polar surface area (TPSA) is 91.0 Å². The zero-order valence-electron chi connectivity index (χ0n) is 16.9. The van der Waals surface area contributed by atoms with Gasteiger partial charge in [-0.3, -0.25) is 9.59 Å². The fourth-order valence-electron chi connectivity index (χ4n) is 3.23. The summed E-state index contributed by atoms with van der Waals surface area (Å²) in [5.74, 6) is -0.959. The smallest absolute Gasteiger partial charge is 0.354 e. The highest BCUT2D eigenvalue weighted by molar-refractivity contribution is 6.05. The number of Topliss-reactive ketones (excluding diaryl/α,β-unsaturated/α-hetero) is 1. The lowest BCUT2D eigenvalue weighted by Gasteiger charge is -2.21. The summed E-state index contributed by atoms with van der Waals surface area (Å²) in [6, 6.07) is 3.18. The number of carbonyl (C=O) groups excluding carboxylic acids is 3. The van der Waals surface area contributed by atoms with E-state index in [1.54, 1.807) is 44.7 Å². The first-order valence-electron chi connectivity index (χ1n) is 8.92. The maximum Gasteiger partial charge on any atom is 0.354 e. The summed E-state index contributed by atoms with van der Waals surface area (Å²) < 4.78 is 16.7. The molecular formula is C20H26N2O6. The molecule has 0 N–H and O–H groups in total. The molecule has 0 aliphatic rings. The number of ether oxygens (including phenoxy) is 2. The maximum atomic E-state index is 13.1. The highest BCUT2D eigenvalue weighted by Crippen LogP contribution is 2.23. The quantitative estimate of drug-likeness (QED) is 0.371. The molecule has 28 heavy (non-hydrogen) atoms. The van der Waals surface area contributed by atoms with E-state index in [0.717, 1.165) is 0 Å². The summed E-state index contributed by atoms with van der Waals surface area (Å²) in [4.78, 5) is 39.3. The van der Waals surface area contributed by atoms with Crippen LogP contribution in [0.2, 0.25) is 0 Å². The van der Waals surface area contributed by atoms with Crippen LogP contribution < -0.4 is 0 Å². The van der Waals surface area contributed by atoms with Gasteiger partial charge in [0, 0.05) is 38.6 Å². The third kappa shape index (κ3) is 4.33. The molecule has 0 aliphatic heterocycles. The van der Waals surface area contributed by atoms with Gasteiger partial charge in [0.25, 0.3) is 5.91 Å². The Bertz CT molecular complexity index is 851. The molecule has 0 fully saturated rings. The van der Waals surface area contributed by atoms with Crippen LogP contribution in [-0.4, -0.2) is 61.0 Å². The number of ketones is 1. The second-order valence-corrected chi connectivity index (χ2v) is 6.46. The van der Waals surface area contributed by atoms with Crippen LogP contribution in [0.4, 0.5) is 0 Å². The van der Waals surface area contributed by atoms with Crippen LogP contribution >= 0.6 is 0 Å². The number of furan rings is 1. The fourth-order valence-corrected chi connectivity index (χ4v) is 3.23. The molecule has 2 rings (SSSR count). The van der Waals surface area contributed by atoms with Crippen molar-refractivity contribution in [1.29, 1.82) is 0 Å². The number of aromatic nitrogens is 1. The molecule has 0 bridgehead atoms. The van der Waals surface area contributed by atoms with E-state index in [9.17, 15) is 14.4 Å². The van der Waals surface area contributed by atoms with Crippen molar-refractivity contribution in [2.45, 2.75) is 20.3 Å². The number of amides is 1. The molecule has 0 atom stereocenters. The van der Waals surface area contributed by atoms with E-state index >= 15 is 0 Å². The Morgan fingerprint density at radius 3 is 2.50 bits per heavy atom. The van der Waals surface area contributed by atoms with Crippen molar-refractivity contribution in [3.05, 3.63) is 46.7 Å². The Hall–Kier alpha value is -2.87. The number of rotatable bonds is 9. The van der Waals surface area contributed by atoms with E-state index in [2.05, 4.69) is 0 Å². The van der Waals surface area contributed by atoms with Gasteiger partial charge in [-0.15, -0.1) is 0 Å². The molecule has 0 saturated heterocycles. The van der Waals surface area contributed by atoms with Gasteiger partial charge in [-0.1, -0.05) is 0 Å². The summed E-state index contributed by atoms with van der Waals surface area (Å²) >= 11 is 0. The van der Waals surface area contributed by atoms with Gasteiger partial charge < -0.3 is 23.4 Å². The van der Waals surface area contributed by atoms with E-state index in [1.807, 2.05) is 0 Å². The van der Waals surface area contributed by atoms with E-state index in [-0.39, 0.29) is 24.0 Å². The van der Waals surface area contributed by atoms with Crippen LogP contribution in [0.1, 0.15) is 49.1 Å². The second kappa shape index (κ2) is 9.36. The molecule has 0 saturated carbocycles. The molecular weight excluding hydrogens is 364 g/mol. The zero-order valence-corrected chi connectivity index (χ0v) is 16.9. The first-order valence-corrected chi connectivity index (χ1v) is 8.92. The average Bonchev–Trinajstić information content (AvgIpc) is 3.27. The first-order chi connectivity index (χ1) is 13.3. The Morgan fingerprint density at radius 1 is 1.21 bits per heavy atom. The molecule has 0 aliphatic carbocycles. The van der Waals surface area contributed by atoms with Gasteiger partial charge in [0.1, 0.15) is 5.69 Å². The van der Waals surface area contributed by atoms with Crippen molar-refractivity contribution in [2.75, 3.05) is 33.9 Å². The predicted molar refractivity (Wildman–Crippen MR) is 102 cm³/mol. The number of carbonyl (C=O) groups is 3. The van der Waals surface area contributed by atoms with Crippen LogP contribution in [0, 0.1) is 13.8 Å². The van der Waals surface area contributed by atoms with Gasteiger partial charge in [0.15, 0.2) is 11.5 Å². The van der Waals surface area contributed by atoms with Crippen LogP contribution in [0.5, 0.6) is 0 Å². The SMILES string of the molecule is COCCCN(CC(=O)c1c(C)c(C(=O)OC)n(C)c1C)C(=O)c1ccco1. The minimum Gasteiger partial charge on any atom is -0.464 e. The molecule has 1 amide bonds. The van der Waals surface area contributed by atoms with Gasteiger partial charge in [-0.25, -0.2) is 4.79 Å². The number of hydrogen-bond donors (Lipinski definition) is 0. The molecule has 8 nitrogen and oxygen atoms in total. The number of hydrogen-bond acceptors (Lipinski definition) is 6. The summed E-state index contributed by atoms with van der Waals surface area (Å²) in [6.07, 6.45) is 1.99. The molecule has 0 unspecified atom stereocenters. The third-order valence-corrected chi connectivity index (χ3v) is 4.72. The van der Waals surface area contributed by atoms with Gasteiger partial charge in [0.2, 0.25) is 0 Å². The molecule has 152 valence electrons. The molecule has 2 aromatic heterocycles. The highest BCUT2D eigenvalue weighted by Gasteiger charge is 2.28. The third-order valence-electron chi connectivity index (χ3n) is 4.72. The monoisotopic (exact) mass is 390 g/mol. The summed E-state index contributed by atoms with van der Waals surface area (Å²) in [5, 5.41) is 0. The van der Waals surface area contributed by atoms with Crippen molar-refractivity contribution >= 4 is 17.7 Å².